The van der Waals surface area contributed by atoms with Crippen LogP contribution in [0, 0.1) is 19.7 Å². The third-order valence-electron chi connectivity index (χ3n) is 7.93. The first-order chi connectivity index (χ1) is 19.7. The molecule has 1 saturated carbocycles. The minimum Gasteiger partial charge on any atom is -0.368 e. The molecule has 1 N–H and O–H groups in total. The second-order valence-electron chi connectivity index (χ2n) is 10.6. The molecule has 2 fully saturated rings. The monoisotopic (exact) mass is 580 g/mol. The van der Waals surface area contributed by atoms with E-state index < -0.39 is 35.1 Å². The molecular weight excluding hydrogens is 551 g/mol. The van der Waals surface area contributed by atoms with Crippen LogP contribution in [0.15, 0.2) is 40.2 Å². The van der Waals surface area contributed by atoms with E-state index in [0.717, 1.165) is 10.1 Å². The number of hydrogen-bond donors (Lipinski definition) is 1. The summed E-state index contributed by atoms with van der Waals surface area (Å²) in [5, 5.41) is 12.0. The van der Waals surface area contributed by atoms with Crippen LogP contribution < -0.4 is 16.6 Å². The Morgan fingerprint density at radius 1 is 1.10 bits per heavy atom. The van der Waals surface area contributed by atoms with Gasteiger partial charge < -0.3 is 10.1 Å². The third-order valence-corrected chi connectivity index (χ3v) is 9.21. The summed E-state index contributed by atoms with van der Waals surface area (Å²) in [5.74, 6) is -0.656. The Morgan fingerprint density at radius 2 is 1.83 bits per heavy atom. The van der Waals surface area contributed by atoms with Crippen molar-refractivity contribution in [2.24, 2.45) is 0 Å². The van der Waals surface area contributed by atoms with Gasteiger partial charge in [-0.3, -0.25) is 19.0 Å². The average molecular weight is 581 g/mol. The summed E-state index contributed by atoms with van der Waals surface area (Å²) >= 11 is 1.19. The predicted octanol–water partition coefficient (Wildman–Crippen LogP) is 2.89. The Bertz CT molecular complexity index is 1770. The van der Waals surface area contributed by atoms with Crippen molar-refractivity contribution in [3.63, 3.8) is 0 Å². The molecule has 41 heavy (non-hydrogen) atoms. The van der Waals surface area contributed by atoms with Crippen LogP contribution in [0.3, 0.4) is 0 Å². The third kappa shape index (κ3) is 4.93. The van der Waals surface area contributed by atoms with E-state index in [4.69, 9.17) is 4.74 Å². The van der Waals surface area contributed by atoms with Gasteiger partial charge in [-0.1, -0.05) is 17.4 Å². The lowest BCUT2D eigenvalue weighted by molar-refractivity contribution is -0.125. The number of ketones is 1. The maximum Gasteiger partial charge on any atom is 0.332 e. The fourth-order valence-corrected chi connectivity index (χ4v) is 6.97. The van der Waals surface area contributed by atoms with Gasteiger partial charge in [-0.2, -0.15) is 10.2 Å². The average Bonchev–Trinajstić information content (AvgIpc) is 3.70. The first kappa shape index (κ1) is 27.2. The maximum atomic E-state index is 14.5. The van der Waals surface area contributed by atoms with Gasteiger partial charge in [0.25, 0.3) is 5.56 Å². The summed E-state index contributed by atoms with van der Waals surface area (Å²) in [4.78, 5) is 54.3. The Morgan fingerprint density at radius 3 is 2.51 bits per heavy atom. The fourth-order valence-electron chi connectivity index (χ4n) is 5.75. The van der Waals surface area contributed by atoms with Crippen LogP contribution in [0.5, 0.6) is 0 Å². The van der Waals surface area contributed by atoms with E-state index in [9.17, 15) is 23.6 Å². The van der Waals surface area contributed by atoms with Gasteiger partial charge in [0, 0.05) is 24.9 Å². The molecule has 3 aromatic heterocycles. The summed E-state index contributed by atoms with van der Waals surface area (Å²) in [7, 11) is 0. The van der Waals surface area contributed by atoms with Crippen LogP contribution in [0.1, 0.15) is 60.9 Å². The highest BCUT2D eigenvalue weighted by molar-refractivity contribution is 7.21. The number of aryl methyl sites for hydroxylation is 2. The molecule has 1 saturated heterocycles. The van der Waals surface area contributed by atoms with Crippen molar-refractivity contribution >= 4 is 33.2 Å². The van der Waals surface area contributed by atoms with Gasteiger partial charge in [-0.05, 0) is 56.4 Å². The highest BCUT2D eigenvalue weighted by Crippen LogP contribution is 2.34. The van der Waals surface area contributed by atoms with E-state index in [2.05, 4.69) is 15.5 Å². The van der Waals surface area contributed by atoms with Gasteiger partial charge in [0.05, 0.1) is 30.4 Å². The van der Waals surface area contributed by atoms with Gasteiger partial charge >= 0.3 is 5.69 Å². The second kappa shape index (κ2) is 10.8. The molecule has 0 spiro atoms. The molecule has 13 heteroatoms. The Kier molecular flexibility index (Phi) is 7.16. The van der Waals surface area contributed by atoms with Gasteiger partial charge in [0.1, 0.15) is 33.6 Å². The summed E-state index contributed by atoms with van der Waals surface area (Å²) in [6.45, 7) is 3.92. The van der Waals surface area contributed by atoms with Crippen molar-refractivity contribution in [2.75, 3.05) is 6.54 Å². The number of fused-ring (bicyclic) bond motifs is 1. The number of benzene rings is 1. The van der Waals surface area contributed by atoms with E-state index in [0.29, 0.717) is 65.0 Å². The lowest BCUT2D eigenvalue weighted by atomic mass is 9.95. The van der Waals surface area contributed by atoms with Crippen molar-refractivity contribution in [3.05, 3.63) is 73.9 Å². The SMILES string of the molecule is Cc1ccc(F)cc1[C@H](Cn1c(=O)n([C@H]2CCNC2=O)c(=O)c2c(C)c(-n3nccn3)sc21)OC1CCC(=O)CC1. The standard InChI is InChI=1S/C28H29FN6O5S/c1-15-3-4-17(29)13-20(15)22(40-19-7-5-18(36)6-8-19)14-33-27-23(16(2)26(41-27)35-31-11-12-32-35)25(38)34(28(33)39)21-9-10-30-24(21)37/h3-4,11-13,19,21-22H,5-10,14H2,1-2H3,(H,30,37)/t21-,22-/m0/s1. The molecule has 2 aliphatic rings. The molecule has 11 nitrogen and oxygen atoms in total. The lowest BCUT2D eigenvalue weighted by Gasteiger charge is -2.29. The maximum absolute atomic E-state index is 14.5. The largest absolute Gasteiger partial charge is 0.368 e. The number of amides is 1. The normalized spacial score (nSPS) is 18.8. The minimum atomic E-state index is -0.948. The number of carbonyl (C=O) groups excluding carboxylic acids is 2. The fraction of sp³-hybridized carbons (Fsp3) is 0.429. The van der Waals surface area contributed by atoms with E-state index in [-0.39, 0.29) is 18.4 Å². The zero-order chi connectivity index (χ0) is 28.8. The lowest BCUT2D eigenvalue weighted by Crippen LogP contribution is -2.44. The number of thiophene rings is 1. The van der Waals surface area contributed by atoms with Crippen LogP contribution >= 0.6 is 11.3 Å². The van der Waals surface area contributed by atoms with Gasteiger partial charge in [0.2, 0.25) is 5.91 Å². The molecule has 0 radical (unpaired) electrons. The van der Waals surface area contributed by atoms with Gasteiger partial charge in [-0.15, -0.1) is 4.80 Å². The Labute approximate surface area is 237 Å². The number of hydrogen-bond acceptors (Lipinski definition) is 8. The summed E-state index contributed by atoms with van der Waals surface area (Å²) < 4.78 is 23.5. The molecule has 0 bridgehead atoms. The molecule has 1 aromatic carbocycles. The number of Topliss-reactive ketones (excluding diaryl/α,β-unsaturated/α-hetero) is 1. The zero-order valence-corrected chi connectivity index (χ0v) is 23.4. The smallest absolute Gasteiger partial charge is 0.332 e. The Balaban J connectivity index is 1.55. The zero-order valence-electron chi connectivity index (χ0n) is 22.6. The van der Waals surface area contributed by atoms with Crippen LogP contribution in [-0.4, -0.2) is 48.5 Å². The van der Waals surface area contributed by atoms with Crippen molar-refractivity contribution < 1.29 is 18.7 Å². The molecule has 4 aromatic rings. The highest BCUT2D eigenvalue weighted by Gasteiger charge is 2.33. The van der Waals surface area contributed by atoms with Gasteiger partial charge in [0.15, 0.2) is 0 Å². The second-order valence-corrected chi connectivity index (χ2v) is 11.5. The number of rotatable bonds is 7. The number of nitrogens with zero attached hydrogens (tertiary/aromatic N) is 5. The van der Waals surface area contributed by atoms with Crippen LogP contribution in [0.25, 0.3) is 15.2 Å². The number of nitrogens with one attached hydrogen (secondary N) is 1. The molecule has 1 aliphatic heterocycles. The van der Waals surface area contributed by atoms with Gasteiger partial charge in [-0.25, -0.2) is 13.8 Å². The van der Waals surface area contributed by atoms with Crippen molar-refractivity contribution in [2.45, 2.75) is 70.7 Å². The van der Waals surface area contributed by atoms with Crippen molar-refractivity contribution in [1.82, 2.24) is 29.4 Å². The highest BCUT2D eigenvalue weighted by atomic mass is 32.1. The number of halogens is 1. The first-order valence-corrected chi connectivity index (χ1v) is 14.4. The predicted molar refractivity (Wildman–Crippen MR) is 149 cm³/mol. The van der Waals surface area contributed by atoms with Crippen LogP contribution in [0.2, 0.25) is 0 Å². The molecule has 6 rings (SSSR count). The molecule has 2 atom stereocenters. The Hall–Kier alpha value is -3.97. The first-order valence-electron chi connectivity index (χ1n) is 13.6. The number of carbonyl (C=O) groups is 2. The molecule has 0 unspecified atom stereocenters. The van der Waals surface area contributed by atoms with Crippen molar-refractivity contribution in [3.8, 4) is 5.00 Å². The minimum absolute atomic E-state index is 0.0371. The summed E-state index contributed by atoms with van der Waals surface area (Å²) in [6.07, 6.45) is 4.17. The summed E-state index contributed by atoms with van der Waals surface area (Å²) in [5.41, 5.74) is 0.727. The van der Waals surface area contributed by atoms with E-state index in [1.165, 1.54) is 45.2 Å². The van der Waals surface area contributed by atoms with Crippen LogP contribution in [0.4, 0.5) is 4.39 Å². The molecule has 1 aliphatic carbocycles. The van der Waals surface area contributed by atoms with E-state index >= 15 is 0 Å². The molecule has 1 amide bonds. The number of ether oxygens (including phenoxy) is 1. The van der Waals surface area contributed by atoms with E-state index in [1.54, 1.807) is 13.0 Å². The molecule has 4 heterocycles. The van der Waals surface area contributed by atoms with Crippen LogP contribution in [-0.2, 0) is 20.9 Å². The summed E-state index contributed by atoms with van der Waals surface area (Å²) in [6, 6.07) is 3.47. The van der Waals surface area contributed by atoms with Crippen molar-refractivity contribution in [1.29, 1.82) is 0 Å². The topological polar surface area (TPSA) is 130 Å². The quantitative estimate of drug-likeness (QED) is 0.356. The van der Waals surface area contributed by atoms with E-state index in [1.807, 2.05) is 6.92 Å². The molecular formula is C28H29FN6O5S. The molecule has 214 valence electrons. The number of aromatic nitrogens is 5.